The molecule has 2 aromatic heterocycles. The van der Waals surface area contributed by atoms with Crippen LogP contribution in [0.1, 0.15) is 40.2 Å². The summed E-state index contributed by atoms with van der Waals surface area (Å²) in [5, 5.41) is 10.9. The Hall–Kier alpha value is -4.73. The number of amides is 2. The quantitative estimate of drug-likeness (QED) is 0.318. The van der Waals surface area contributed by atoms with E-state index in [1.807, 2.05) is 58.0 Å². The second-order valence-corrected chi connectivity index (χ2v) is 11.1. The van der Waals surface area contributed by atoms with E-state index in [0.717, 1.165) is 22.4 Å². The fourth-order valence-corrected chi connectivity index (χ4v) is 4.37. The second kappa shape index (κ2) is 11.8. The first kappa shape index (κ1) is 29.3. The molecule has 0 fully saturated rings. The molecule has 2 aromatic carbocycles. The molecule has 2 amide bonds. The first-order valence-electron chi connectivity index (χ1n) is 13.3. The molecule has 2 N–H and O–H groups in total. The average Bonchev–Trinajstić information content (AvgIpc) is 2.91. The Morgan fingerprint density at radius 3 is 2.41 bits per heavy atom. The first-order chi connectivity index (χ1) is 19.4. The fraction of sp³-hybridized carbons (Fsp3) is 0.323. The number of methoxy groups -OCH3 is 1. The van der Waals surface area contributed by atoms with Gasteiger partial charge in [0.1, 0.15) is 5.75 Å². The summed E-state index contributed by atoms with van der Waals surface area (Å²) >= 11 is 0. The number of hydrogen-bond acceptors (Lipinski definition) is 7. The minimum Gasteiger partial charge on any atom is -0.496 e. The number of carbonyl (C=O) groups is 2. The van der Waals surface area contributed by atoms with Crippen LogP contribution in [0.4, 0.5) is 10.5 Å². The highest BCUT2D eigenvalue weighted by Gasteiger charge is 2.28. The standard InChI is InChI=1S/C31H35N5O5/c1-18(2)27(41-30(39)35-31(4,5)6)28(37)34-22-12-14-26(32-17-22)36-29(38)24-13-11-20(15-21(24)16-33-36)23-9-8-10-25(40-7)19(23)3/h8-18,27H,1-7H3,(H,34,37)(H,35,39)/t27-/m0/s1. The van der Waals surface area contributed by atoms with E-state index in [0.29, 0.717) is 22.3 Å². The van der Waals surface area contributed by atoms with E-state index in [2.05, 4.69) is 20.7 Å². The second-order valence-electron chi connectivity index (χ2n) is 11.1. The van der Waals surface area contributed by atoms with Crippen LogP contribution < -0.4 is 20.9 Å². The molecule has 10 nitrogen and oxygen atoms in total. The number of carbonyl (C=O) groups excluding carboxylic acids is 2. The number of alkyl carbamates (subject to hydrolysis) is 1. The Morgan fingerprint density at radius 2 is 1.78 bits per heavy atom. The fourth-order valence-electron chi connectivity index (χ4n) is 4.37. The molecule has 0 spiro atoms. The van der Waals surface area contributed by atoms with Crippen LogP contribution in [0.3, 0.4) is 0 Å². The van der Waals surface area contributed by atoms with Gasteiger partial charge in [0.25, 0.3) is 11.5 Å². The zero-order valence-corrected chi connectivity index (χ0v) is 24.3. The third-order valence-electron chi connectivity index (χ3n) is 6.41. The molecule has 0 unspecified atom stereocenters. The third-order valence-corrected chi connectivity index (χ3v) is 6.41. The van der Waals surface area contributed by atoms with Crippen LogP contribution in [0, 0.1) is 12.8 Å². The summed E-state index contributed by atoms with van der Waals surface area (Å²) in [6.07, 6.45) is 1.37. The molecule has 214 valence electrons. The van der Waals surface area contributed by atoms with Crippen LogP contribution in [0.5, 0.6) is 5.75 Å². The number of pyridine rings is 1. The molecule has 41 heavy (non-hydrogen) atoms. The van der Waals surface area contributed by atoms with Crippen molar-refractivity contribution in [2.75, 3.05) is 12.4 Å². The lowest BCUT2D eigenvalue weighted by atomic mass is 9.98. The molecule has 4 aromatic rings. The molecular formula is C31H35N5O5. The van der Waals surface area contributed by atoms with Crippen LogP contribution in [0.2, 0.25) is 0 Å². The molecule has 4 rings (SSSR count). The predicted octanol–water partition coefficient (Wildman–Crippen LogP) is 5.25. The molecule has 0 aliphatic rings. The maximum Gasteiger partial charge on any atom is 0.408 e. The topological polar surface area (TPSA) is 124 Å². The van der Waals surface area contributed by atoms with Gasteiger partial charge in [-0.25, -0.2) is 9.78 Å². The summed E-state index contributed by atoms with van der Waals surface area (Å²) < 4.78 is 12.0. The zero-order chi connectivity index (χ0) is 29.9. The van der Waals surface area contributed by atoms with Crippen molar-refractivity contribution >= 4 is 28.5 Å². The van der Waals surface area contributed by atoms with Gasteiger partial charge in [-0.1, -0.05) is 32.0 Å². The number of anilines is 1. The van der Waals surface area contributed by atoms with E-state index in [4.69, 9.17) is 9.47 Å². The van der Waals surface area contributed by atoms with E-state index in [1.165, 1.54) is 10.9 Å². The van der Waals surface area contributed by atoms with E-state index in [9.17, 15) is 14.4 Å². The number of benzene rings is 2. The molecule has 0 aliphatic heterocycles. The van der Waals surface area contributed by atoms with Gasteiger partial charge < -0.3 is 20.1 Å². The summed E-state index contributed by atoms with van der Waals surface area (Å²) in [7, 11) is 1.64. The monoisotopic (exact) mass is 557 g/mol. The van der Waals surface area contributed by atoms with Crippen molar-refractivity contribution in [1.29, 1.82) is 0 Å². The average molecular weight is 558 g/mol. The summed E-state index contributed by atoms with van der Waals surface area (Å²) in [4.78, 5) is 42.7. The van der Waals surface area contributed by atoms with Crippen LogP contribution in [0.25, 0.3) is 27.7 Å². The molecule has 1 atom stereocenters. The molecule has 2 heterocycles. The SMILES string of the molecule is COc1cccc(-c2ccc3c(=O)n(-c4ccc(NC(=O)[C@@H](OC(=O)NC(C)(C)C)C(C)C)cn4)ncc3c2)c1C. The predicted molar refractivity (Wildman–Crippen MR) is 158 cm³/mol. The lowest BCUT2D eigenvalue weighted by molar-refractivity contribution is -0.126. The highest BCUT2D eigenvalue weighted by Crippen LogP contribution is 2.31. The van der Waals surface area contributed by atoms with Gasteiger partial charge in [0.2, 0.25) is 0 Å². The number of aromatic nitrogens is 3. The molecule has 10 heteroatoms. The van der Waals surface area contributed by atoms with Crippen molar-refractivity contribution in [3.8, 4) is 22.7 Å². The van der Waals surface area contributed by atoms with Gasteiger partial charge in [-0.05, 0) is 80.6 Å². The zero-order valence-electron chi connectivity index (χ0n) is 24.3. The molecule has 0 bridgehead atoms. The Morgan fingerprint density at radius 1 is 1.02 bits per heavy atom. The number of fused-ring (bicyclic) bond motifs is 1. The minimum absolute atomic E-state index is 0.262. The Labute approximate surface area is 238 Å². The van der Waals surface area contributed by atoms with E-state index in [1.54, 1.807) is 45.4 Å². The van der Waals surface area contributed by atoms with Gasteiger partial charge in [-0.2, -0.15) is 9.78 Å². The van der Waals surface area contributed by atoms with Crippen molar-refractivity contribution in [3.63, 3.8) is 0 Å². The van der Waals surface area contributed by atoms with Crippen molar-refractivity contribution < 1.29 is 19.1 Å². The first-order valence-corrected chi connectivity index (χ1v) is 13.3. The highest BCUT2D eigenvalue weighted by atomic mass is 16.6. The normalized spacial score (nSPS) is 12.2. The molecule has 0 saturated heterocycles. The summed E-state index contributed by atoms with van der Waals surface area (Å²) in [6.45, 7) is 11.0. The maximum atomic E-state index is 13.3. The molecule has 0 aliphatic carbocycles. The number of nitrogens with one attached hydrogen (secondary N) is 2. The number of hydrogen-bond donors (Lipinski definition) is 2. The van der Waals surface area contributed by atoms with Crippen molar-refractivity contribution in [2.24, 2.45) is 5.92 Å². The van der Waals surface area contributed by atoms with Gasteiger partial charge in [0.05, 0.1) is 30.6 Å². The Balaban J connectivity index is 1.53. The number of ether oxygens (including phenoxy) is 2. The van der Waals surface area contributed by atoms with Crippen LogP contribution in [0.15, 0.2) is 65.7 Å². The summed E-state index contributed by atoms with van der Waals surface area (Å²) in [5.74, 6) is 0.340. The van der Waals surface area contributed by atoms with Crippen molar-refractivity contribution in [3.05, 3.63) is 76.8 Å². The van der Waals surface area contributed by atoms with Crippen LogP contribution in [-0.4, -0.2) is 45.5 Å². The lowest BCUT2D eigenvalue weighted by Crippen LogP contribution is -2.45. The Bertz CT molecular complexity index is 1640. The molecule has 0 radical (unpaired) electrons. The van der Waals surface area contributed by atoms with Crippen molar-refractivity contribution in [2.45, 2.75) is 53.2 Å². The van der Waals surface area contributed by atoms with Crippen LogP contribution in [-0.2, 0) is 9.53 Å². The lowest BCUT2D eigenvalue weighted by Gasteiger charge is -2.25. The van der Waals surface area contributed by atoms with E-state index >= 15 is 0 Å². The Kier molecular flexibility index (Phi) is 8.41. The van der Waals surface area contributed by atoms with Gasteiger partial charge in [-0.3, -0.25) is 9.59 Å². The van der Waals surface area contributed by atoms with E-state index in [-0.39, 0.29) is 11.5 Å². The minimum atomic E-state index is -1.01. The number of nitrogens with zero attached hydrogens (tertiary/aromatic N) is 3. The molecular weight excluding hydrogens is 522 g/mol. The van der Waals surface area contributed by atoms with Crippen LogP contribution >= 0.6 is 0 Å². The largest absolute Gasteiger partial charge is 0.496 e. The van der Waals surface area contributed by atoms with Gasteiger partial charge in [0, 0.05) is 10.9 Å². The number of rotatable bonds is 7. The van der Waals surface area contributed by atoms with E-state index < -0.39 is 23.6 Å². The third kappa shape index (κ3) is 6.71. The molecule has 0 saturated carbocycles. The van der Waals surface area contributed by atoms with Gasteiger partial charge >= 0.3 is 6.09 Å². The summed E-state index contributed by atoms with van der Waals surface area (Å²) in [5.41, 5.74) is 2.53. The smallest absolute Gasteiger partial charge is 0.408 e. The van der Waals surface area contributed by atoms with Gasteiger partial charge in [-0.15, -0.1) is 0 Å². The summed E-state index contributed by atoms with van der Waals surface area (Å²) in [6, 6.07) is 14.6. The van der Waals surface area contributed by atoms with Crippen molar-refractivity contribution in [1.82, 2.24) is 20.1 Å². The highest BCUT2D eigenvalue weighted by molar-refractivity contribution is 5.95. The van der Waals surface area contributed by atoms with Gasteiger partial charge in [0.15, 0.2) is 11.9 Å². The maximum absolute atomic E-state index is 13.3.